The summed E-state index contributed by atoms with van der Waals surface area (Å²) < 4.78 is 1.94. The number of rotatable bonds is 3. The third-order valence-electron chi connectivity index (χ3n) is 4.14. The Bertz CT molecular complexity index is 858. The smallest absolute Gasteiger partial charge is 0.258 e. The Morgan fingerprint density at radius 3 is 2.48 bits per heavy atom. The molecule has 0 bridgehead atoms. The molecule has 0 atom stereocenters. The molecule has 0 aliphatic heterocycles. The maximum atomic E-state index is 12.9. The van der Waals surface area contributed by atoms with Crippen LogP contribution in [0.25, 0.3) is 21.7 Å². The van der Waals surface area contributed by atoms with Gasteiger partial charge in [-0.1, -0.05) is 44.2 Å². The second kappa shape index (κ2) is 5.36. The Morgan fingerprint density at radius 1 is 1.00 bits per heavy atom. The lowest BCUT2D eigenvalue weighted by Crippen LogP contribution is -2.22. The Labute approximate surface area is 125 Å². The van der Waals surface area contributed by atoms with Crippen molar-refractivity contribution >= 4 is 21.7 Å². The third-order valence-corrected chi connectivity index (χ3v) is 4.14. The van der Waals surface area contributed by atoms with Gasteiger partial charge in [0.1, 0.15) is 0 Å². The molecular formula is C19H21NO. The number of hydrogen-bond acceptors (Lipinski definition) is 1. The van der Waals surface area contributed by atoms with Gasteiger partial charge in [-0.3, -0.25) is 4.79 Å². The molecule has 0 amide bonds. The molecule has 0 saturated heterocycles. The molecule has 1 heterocycles. The first kappa shape index (κ1) is 13.9. The van der Waals surface area contributed by atoms with E-state index in [1.54, 1.807) is 0 Å². The maximum Gasteiger partial charge on any atom is 0.258 e. The topological polar surface area (TPSA) is 22.0 Å². The van der Waals surface area contributed by atoms with Crippen molar-refractivity contribution in [2.24, 2.45) is 5.92 Å². The van der Waals surface area contributed by atoms with E-state index in [0.717, 1.165) is 34.8 Å². The standard InChI is InChI=1S/C19H21NO/c1-13(2)11-12-20-17-10-5-4-8-15(17)18-14(3)7-6-9-16(18)19(20)21/h4-10,13H,11-12H2,1-3H3. The molecule has 3 rings (SSSR count). The maximum absolute atomic E-state index is 12.9. The average Bonchev–Trinajstić information content (AvgIpc) is 2.47. The van der Waals surface area contributed by atoms with Gasteiger partial charge in [-0.05, 0) is 42.3 Å². The Morgan fingerprint density at radius 2 is 1.71 bits per heavy atom. The van der Waals surface area contributed by atoms with Crippen LogP contribution in [0, 0.1) is 12.8 Å². The lowest BCUT2D eigenvalue weighted by Gasteiger charge is -2.15. The first-order valence-corrected chi connectivity index (χ1v) is 7.60. The normalized spacial score (nSPS) is 11.6. The van der Waals surface area contributed by atoms with Crippen LogP contribution in [0.15, 0.2) is 47.3 Å². The van der Waals surface area contributed by atoms with Gasteiger partial charge in [0, 0.05) is 17.3 Å². The van der Waals surface area contributed by atoms with Crippen molar-refractivity contribution in [2.75, 3.05) is 0 Å². The van der Waals surface area contributed by atoms with Gasteiger partial charge in [-0.25, -0.2) is 0 Å². The van der Waals surface area contributed by atoms with Crippen molar-refractivity contribution < 1.29 is 0 Å². The van der Waals surface area contributed by atoms with Crippen LogP contribution in [0.5, 0.6) is 0 Å². The van der Waals surface area contributed by atoms with Gasteiger partial charge in [0.15, 0.2) is 0 Å². The van der Waals surface area contributed by atoms with Crippen LogP contribution < -0.4 is 5.56 Å². The molecule has 21 heavy (non-hydrogen) atoms. The minimum atomic E-state index is 0.132. The molecule has 0 spiro atoms. The summed E-state index contributed by atoms with van der Waals surface area (Å²) in [5.41, 5.74) is 2.34. The van der Waals surface area contributed by atoms with E-state index >= 15 is 0 Å². The molecule has 0 unspecified atom stereocenters. The number of aryl methyl sites for hydroxylation is 2. The number of aromatic nitrogens is 1. The SMILES string of the molecule is Cc1cccc2c(=O)n(CCC(C)C)c3ccccc3c12. The summed E-state index contributed by atoms with van der Waals surface area (Å²) in [6.45, 7) is 7.24. The molecule has 0 saturated carbocycles. The van der Waals surface area contributed by atoms with Crippen molar-refractivity contribution in [3.8, 4) is 0 Å². The van der Waals surface area contributed by atoms with Crippen LogP contribution in [-0.2, 0) is 6.54 Å². The van der Waals surface area contributed by atoms with Gasteiger partial charge < -0.3 is 4.57 Å². The molecule has 0 aliphatic carbocycles. The van der Waals surface area contributed by atoms with Crippen LogP contribution in [0.1, 0.15) is 25.8 Å². The minimum absolute atomic E-state index is 0.132. The van der Waals surface area contributed by atoms with Crippen molar-refractivity contribution in [2.45, 2.75) is 33.7 Å². The highest BCUT2D eigenvalue weighted by Gasteiger charge is 2.11. The largest absolute Gasteiger partial charge is 0.308 e. The van der Waals surface area contributed by atoms with Crippen LogP contribution in [0.2, 0.25) is 0 Å². The summed E-state index contributed by atoms with van der Waals surface area (Å²) in [6.07, 6.45) is 1.02. The summed E-state index contributed by atoms with van der Waals surface area (Å²) in [5, 5.41) is 3.10. The fraction of sp³-hybridized carbons (Fsp3) is 0.316. The second-order valence-electron chi connectivity index (χ2n) is 6.15. The van der Waals surface area contributed by atoms with E-state index in [1.165, 1.54) is 5.39 Å². The van der Waals surface area contributed by atoms with E-state index in [2.05, 4.69) is 39.0 Å². The summed E-state index contributed by atoms with van der Waals surface area (Å²) >= 11 is 0. The molecule has 2 heteroatoms. The van der Waals surface area contributed by atoms with Gasteiger partial charge in [0.05, 0.1) is 5.52 Å². The first-order chi connectivity index (χ1) is 10.1. The highest BCUT2D eigenvalue weighted by atomic mass is 16.1. The van der Waals surface area contributed by atoms with Gasteiger partial charge in [-0.2, -0.15) is 0 Å². The van der Waals surface area contributed by atoms with Crippen LogP contribution in [0.4, 0.5) is 0 Å². The summed E-state index contributed by atoms with van der Waals surface area (Å²) in [5.74, 6) is 0.587. The minimum Gasteiger partial charge on any atom is -0.308 e. The number of benzene rings is 2. The quantitative estimate of drug-likeness (QED) is 0.647. The van der Waals surface area contributed by atoms with Gasteiger partial charge in [0.25, 0.3) is 5.56 Å². The lowest BCUT2D eigenvalue weighted by molar-refractivity contribution is 0.518. The van der Waals surface area contributed by atoms with E-state index in [-0.39, 0.29) is 5.56 Å². The number of fused-ring (bicyclic) bond motifs is 3. The number of pyridine rings is 1. The van der Waals surface area contributed by atoms with Crippen molar-refractivity contribution in [1.82, 2.24) is 4.57 Å². The Kier molecular flexibility index (Phi) is 3.54. The zero-order valence-electron chi connectivity index (χ0n) is 12.9. The third kappa shape index (κ3) is 2.35. The van der Waals surface area contributed by atoms with Crippen LogP contribution >= 0.6 is 0 Å². The zero-order chi connectivity index (χ0) is 15.0. The van der Waals surface area contributed by atoms with Gasteiger partial charge in [0.2, 0.25) is 0 Å². The van der Waals surface area contributed by atoms with Crippen molar-refractivity contribution in [3.05, 3.63) is 58.4 Å². The second-order valence-corrected chi connectivity index (χ2v) is 6.15. The molecule has 0 radical (unpaired) electrons. The Balaban J connectivity index is 2.41. The van der Waals surface area contributed by atoms with Crippen molar-refractivity contribution in [3.63, 3.8) is 0 Å². The van der Waals surface area contributed by atoms with Gasteiger partial charge >= 0.3 is 0 Å². The fourth-order valence-corrected chi connectivity index (χ4v) is 2.99. The first-order valence-electron chi connectivity index (χ1n) is 7.60. The molecule has 0 N–H and O–H groups in total. The molecule has 0 fully saturated rings. The van der Waals surface area contributed by atoms with E-state index in [9.17, 15) is 4.79 Å². The monoisotopic (exact) mass is 279 g/mol. The summed E-state index contributed by atoms with van der Waals surface area (Å²) in [6, 6.07) is 14.2. The number of para-hydroxylation sites is 1. The molecule has 2 nitrogen and oxygen atoms in total. The predicted octanol–water partition coefficient (Wildman–Crippen LogP) is 4.51. The Hall–Kier alpha value is -2.09. The summed E-state index contributed by atoms with van der Waals surface area (Å²) in [7, 11) is 0. The van der Waals surface area contributed by atoms with Gasteiger partial charge in [-0.15, -0.1) is 0 Å². The number of nitrogens with zero attached hydrogens (tertiary/aromatic N) is 1. The van der Waals surface area contributed by atoms with E-state index in [1.807, 2.05) is 28.8 Å². The molecule has 3 aromatic rings. The molecule has 0 aliphatic rings. The fourth-order valence-electron chi connectivity index (χ4n) is 2.99. The number of hydrogen-bond donors (Lipinski definition) is 0. The van der Waals surface area contributed by atoms with Crippen LogP contribution in [0.3, 0.4) is 0 Å². The van der Waals surface area contributed by atoms with Crippen molar-refractivity contribution in [1.29, 1.82) is 0 Å². The molecule has 1 aromatic heterocycles. The van der Waals surface area contributed by atoms with E-state index < -0.39 is 0 Å². The van der Waals surface area contributed by atoms with E-state index in [0.29, 0.717) is 5.92 Å². The average molecular weight is 279 g/mol. The lowest BCUT2D eigenvalue weighted by atomic mass is 10.0. The molecular weight excluding hydrogens is 258 g/mol. The summed E-state index contributed by atoms with van der Waals surface area (Å²) in [4.78, 5) is 12.9. The van der Waals surface area contributed by atoms with Crippen LogP contribution in [-0.4, -0.2) is 4.57 Å². The predicted molar refractivity (Wildman–Crippen MR) is 89.9 cm³/mol. The highest BCUT2D eigenvalue weighted by Crippen LogP contribution is 2.25. The molecule has 108 valence electrons. The zero-order valence-corrected chi connectivity index (χ0v) is 12.9. The highest BCUT2D eigenvalue weighted by molar-refractivity contribution is 6.07. The molecule has 2 aromatic carbocycles. The van der Waals surface area contributed by atoms with E-state index in [4.69, 9.17) is 0 Å².